The normalized spacial score (nSPS) is 15.3. The van der Waals surface area contributed by atoms with Crippen molar-refractivity contribution in [3.63, 3.8) is 0 Å². The molecule has 0 bridgehead atoms. The zero-order valence-electron chi connectivity index (χ0n) is 9.63. The Morgan fingerprint density at radius 3 is 2.47 bits per heavy atom. The van der Waals surface area contributed by atoms with E-state index in [9.17, 15) is 9.50 Å². The van der Waals surface area contributed by atoms with Crippen molar-refractivity contribution in [3.8, 4) is 0 Å². The van der Waals surface area contributed by atoms with Crippen molar-refractivity contribution in [1.29, 1.82) is 0 Å². The Bertz CT molecular complexity index is 318. The van der Waals surface area contributed by atoms with Gasteiger partial charge in [0.1, 0.15) is 5.82 Å². The quantitative estimate of drug-likeness (QED) is 0.809. The molecule has 0 fully saturated rings. The summed E-state index contributed by atoms with van der Waals surface area (Å²) in [6.07, 6.45) is 1.05. The van der Waals surface area contributed by atoms with Gasteiger partial charge in [0.2, 0.25) is 0 Å². The van der Waals surface area contributed by atoms with E-state index in [-0.39, 0.29) is 5.82 Å². The molecule has 2 heteroatoms. The number of hydrogen-bond acceptors (Lipinski definition) is 1. The molecule has 0 spiro atoms. The summed E-state index contributed by atoms with van der Waals surface area (Å²) in [6, 6.07) is 6.62. The fourth-order valence-corrected chi connectivity index (χ4v) is 2.00. The minimum absolute atomic E-state index is 0.235. The van der Waals surface area contributed by atoms with E-state index in [0.29, 0.717) is 24.3 Å². The van der Waals surface area contributed by atoms with Gasteiger partial charge in [0, 0.05) is 6.42 Å². The third kappa shape index (κ3) is 4.00. The monoisotopic (exact) mass is 210 g/mol. The van der Waals surface area contributed by atoms with Crippen LogP contribution in [0.4, 0.5) is 4.39 Å². The number of benzene rings is 1. The minimum atomic E-state index is -0.823. The fourth-order valence-electron chi connectivity index (χ4n) is 2.00. The highest BCUT2D eigenvalue weighted by Crippen LogP contribution is 2.22. The van der Waals surface area contributed by atoms with Gasteiger partial charge in [-0.3, -0.25) is 0 Å². The molecule has 0 aromatic heterocycles. The van der Waals surface area contributed by atoms with Gasteiger partial charge in [0.05, 0.1) is 5.60 Å². The lowest BCUT2D eigenvalue weighted by atomic mass is 9.88. The van der Waals surface area contributed by atoms with Crippen LogP contribution in [-0.2, 0) is 6.42 Å². The van der Waals surface area contributed by atoms with Crippen molar-refractivity contribution in [2.75, 3.05) is 0 Å². The molecule has 0 radical (unpaired) electrons. The van der Waals surface area contributed by atoms with E-state index < -0.39 is 5.60 Å². The molecule has 15 heavy (non-hydrogen) atoms. The number of halogens is 1. The predicted molar refractivity (Wildman–Crippen MR) is 60.2 cm³/mol. The Hall–Kier alpha value is -0.890. The molecule has 1 aromatic carbocycles. The third-order valence-electron chi connectivity index (χ3n) is 2.38. The van der Waals surface area contributed by atoms with E-state index in [1.165, 1.54) is 6.07 Å². The highest BCUT2D eigenvalue weighted by atomic mass is 19.1. The van der Waals surface area contributed by atoms with Crippen LogP contribution in [0.15, 0.2) is 24.3 Å². The van der Waals surface area contributed by atoms with Gasteiger partial charge in [-0.15, -0.1) is 0 Å². The second-order valence-corrected chi connectivity index (χ2v) is 4.86. The SMILES string of the molecule is CC(C)CC(C)(O)Cc1ccccc1F. The summed E-state index contributed by atoms with van der Waals surface area (Å²) in [7, 11) is 0. The Labute approximate surface area is 90.9 Å². The van der Waals surface area contributed by atoms with Crippen LogP contribution in [0, 0.1) is 11.7 Å². The van der Waals surface area contributed by atoms with Crippen LogP contribution in [-0.4, -0.2) is 10.7 Å². The van der Waals surface area contributed by atoms with Gasteiger partial charge in [-0.25, -0.2) is 4.39 Å². The van der Waals surface area contributed by atoms with E-state index in [4.69, 9.17) is 0 Å². The van der Waals surface area contributed by atoms with Gasteiger partial charge < -0.3 is 5.11 Å². The van der Waals surface area contributed by atoms with Gasteiger partial charge in [-0.05, 0) is 30.9 Å². The molecule has 0 aliphatic heterocycles. The van der Waals surface area contributed by atoms with Crippen molar-refractivity contribution in [1.82, 2.24) is 0 Å². The van der Waals surface area contributed by atoms with Crippen LogP contribution in [0.2, 0.25) is 0 Å². The van der Waals surface area contributed by atoms with Crippen LogP contribution in [0.3, 0.4) is 0 Å². The lowest BCUT2D eigenvalue weighted by Gasteiger charge is -2.25. The second kappa shape index (κ2) is 4.75. The van der Waals surface area contributed by atoms with Crippen LogP contribution in [0.1, 0.15) is 32.8 Å². The standard InChI is InChI=1S/C13H19FO/c1-10(2)8-13(3,15)9-11-6-4-5-7-12(11)14/h4-7,10,15H,8-9H2,1-3H3. The molecule has 1 N–H and O–H groups in total. The maximum Gasteiger partial charge on any atom is 0.126 e. The summed E-state index contributed by atoms with van der Waals surface area (Å²) in [6.45, 7) is 5.87. The van der Waals surface area contributed by atoms with E-state index in [1.807, 2.05) is 0 Å². The predicted octanol–water partition coefficient (Wildman–Crippen LogP) is 3.17. The first-order valence-electron chi connectivity index (χ1n) is 5.36. The average molecular weight is 210 g/mol. The molecular formula is C13H19FO. The van der Waals surface area contributed by atoms with Crippen LogP contribution in [0.25, 0.3) is 0 Å². The largest absolute Gasteiger partial charge is 0.390 e. The Kier molecular flexibility index (Phi) is 3.86. The van der Waals surface area contributed by atoms with Crippen LogP contribution in [0.5, 0.6) is 0 Å². The number of hydrogen-bond donors (Lipinski definition) is 1. The maximum absolute atomic E-state index is 13.3. The number of rotatable bonds is 4. The zero-order valence-corrected chi connectivity index (χ0v) is 9.63. The highest BCUT2D eigenvalue weighted by Gasteiger charge is 2.23. The average Bonchev–Trinajstić information content (AvgIpc) is 2.06. The molecular weight excluding hydrogens is 191 g/mol. The first kappa shape index (κ1) is 12.2. The molecule has 84 valence electrons. The van der Waals surface area contributed by atoms with Crippen LogP contribution < -0.4 is 0 Å². The van der Waals surface area contributed by atoms with Gasteiger partial charge in [0.25, 0.3) is 0 Å². The molecule has 1 unspecified atom stereocenters. The van der Waals surface area contributed by atoms with Gasteiger partial charge in [-0.2, -0.15) is 0 Å². The van der Waals surface area contributed by atoms with Gasteiger partial charge in [-0.1, -0.05) is 32.0 Å². The fraction of sp³-hybridized carbons (Fsp3) is 0.538. The second-order valence-electron chi connectivity index (χ2n) is 4.86. The molecule has 0 aliphatic carbocycles. The Balaban J connectivity index is 2.73. The topological polar surface area (TPSA) is 20.2 Å². The lowest BCUT2D eigenvalue weighted by Crippen LogP contribution is -2.29. The highest BCUT2D eigenvalue weighted by molar-refractivity contribution is 5.19. The minimum Gasteiger partial charge on any atom is -0.390 e. The summed E-state index contributed by atoms with van der Waals surface area (Å²) in [5.41, 5.74) is -0.237. The molecule has 1 rings (SSSR count). The summed E-state index contributed by atoms with van der Waals surface area (Å²) in [4.78, 5) is 0. The first-order valence-corrected chi connectivity index (χ1v) is 5.36. The first-order chi connectivity index (χ1) is 6.91. The summed E-state index contributed by atoms with van der Waals surface area (Å²) < 4.78 is 13.3. The molecule has 0 saturated carbocycles. The Morgan fingerprint density at radius 1 is 1.33 bits per heavy atom. The van der Waals surface area contributed by atoms with E-state index in [0.717, 1.165) is 0 Å². The van der Waals surface area contributed by atoms with Crippen molar-refractivity contribution in [2.45, 2.75) is 39.2 Å². The van der Waals surface area contributed by atoms with Crippen molar-refractivity contribution in [3.05, 3.63) is 35.6 Å². The molecule has 1 nitrogen and oxygen atoms in total. The molecule has 0 amide bonds. The molecule has 1 atom stereocenters. The van der Waals surface area contributed by atoms with E-state index >= 15 is 0 Å². The van der Waals surface area contributed by atoms with Crippen molar-refractivity contribution in [2.24, 2.45) is 5.92 Å². The molecule has 1 aromatic rings. The van der Waals surface area contributed by atoms with Crippen LogP contribution >= 0.6 is 0 Å². The lowest BCUT2D eigenvalue weighted by molar-refractivity contribution is 0.0380. The van der Waals surface area contributed by atoms with E-state index in [1.54, 1.807) is 25.1 Å². The summed E-state index contributed by atoms with van der Waals surface area (Å²) in [5, 5.41) is 10.1. The smallest absolute Gasteiger partial charge is 0.126 e. The Morgan fingerprint density at radius 2 is 1.93 bits per heavy atom. The van der Waals surface area contributed by atoms with Crippen molar-refractivity contribution >= 4 is 0 Å². The summed E-state index contributed by atoms with van der Waals surface area (Å²) in [5.74, 6) is 0.174. The van der Waals surface area contributed by atoms with Crippen molar-refractivity contribution < 1.29 is 9.50 Å². The molecule has 0 heterocycles. The molecule has 0 aliphatic rings. The third-order valence-corrected chi connectivity index (χ3v) is 2.38. The number of aliphatic hydroxyl groups is 1. The maximum atomic E-state index is 13.3. The van der Waals surface area contributed by atoms with E-state index in [2.05, 4.69) is 13.8 Å². The van der Waals surface area contributed by atoms with Gasteiger partial charge >= 0.3 is 0 Å². The summed E-state index contributed by atoms with van der Waals surface area (Å²) >= 11 is 0. The zero-order chi connectivity index (χ0) is 11.5. The molecule has 0 saturated heterocycles. The van der Waals surface area contributed by atoms with Gasteiger partial charge in [0.15, 0.2) is 0 Å².